The lowest BCUT2D eigenvalue weighted by molar-refractivity contribution is -0.139. The highest BCUT2D eigenvalue weighted by molar-refractivity contribution is 5.83. The molecule has 3 heterocycles. The van der Waals surface area contributed by atoms with E-state index >= 15 is 0 Å². The molecule has 4 rings (SSSR count). The van der Waals surface area contributed by atoms with Gasteiger partial charge in [-0.15, -0.1) is 0 Å². The zero-order valence-corrected chi connectivity index (χ0v) is 16.1. The summed E-state index contributed by atoms with van der Waals surface area (Å²) in [4.78, 5) is 4.46. The molecular weight excluding hydrogens is 395 g/mol. The van der Waals surface area contributed by atoms with Gasteiger partial charge in [0.05, 0.1) is 36.4 Å². The predicted octanol–water partition coefficient (Wildman–Crippen LogP) is 3.91. The molecule has 0 saturated carbocycles. The average Bonchev–Trinajstić information content (AvgIpc) is 3.37. The molecule has 1 atom stereocenters. The molecule has 0 aliphatic carbocycles. The first-order valence-electron chi connectivity index (χ1n) is 9.70. The second kappa shape index (κ2) is 8.32. The van der Waals surface area contributed by atoms with E-state index in [2.05, 4.69) is 21.5 Å². The molecule has 0 amide bonds. The van der Waals surface area contributed by atoms with Crippen LogP contribution in [0.25, 0.3) is 22.2 Å². The Morgan fingerprint density at radius 1 is 1.27 bits per heavy atom. The van der Waals surface area contributed by atoms with Crippen LogP contribution in [-0.2, 0) is 6.54 Å². The Kier molecular flexibility index (Phi) is 5.59. The molecule has 1 aliphatic rings. The Bertz CT molecular complexity index is 1060. The van der Waals surface area contributed by atoms with Crippen molar-refractivity contribution in [3.8, 4) is 23.1 Å². The molecule has 30 heavy (non-hydrogen) atoms. The Balaban J connectivity index is 1.70. The smallest absolute Gasteiger partial charge is 0.392 e. The molecule has 1 N–H and O–H groups in total. The molecule has 9 heteroatoms. The van der Waals surface area contributed by atoms with Crippen molar-refractivity contribution in [1.82, 2.24) is 20.1 Å². The van der Waals surface area contributed by atoms with Crippen molar-refractivity contribution in [2.45, 2.75) is 25.6 Å². The van der Waals surface area contributed by atoms with E-state index in [1.54, 1.807) is 30.5 Å². The summed E-state index contributed by atoms with van der Waals surface area (Å²) in [6.45, 7) is 2.12. The van der Waals surface area contributed by atoms with E-state index in [-0.39, 0.29) is 5.88 Å². The average molecular weight is 415 g/mol. The van der Waals surface area contributed by atoms with Gasteiger partial charge in [0.15, 0.2) is 0 Å². The fraction of sp³-hybridized carbons (Fsp3) is 0.381. The number of aromatic nitrogens is 3. The van der Waals surface area contributed by atoms with E-state index in [1.165, 1.54) is 0 Å². The number of nitrogens with zero attached hydrogens (tertiary/aromatic N) is 4. The van der Waals surface area contributed by atoms with Crippen LogP contribution in [0.3, 0.4) is 0 Å². The number of benzene rings is 1. The monoisotopic (exact) mass is 415 g/mol. The predicted molar refractivity (Wildman–Crippen MR) is 105 cm³/mol. The number of hydrogen-bond donors (Lipinski definition) is 1. The van der Waals surface area contributed by atoms with E-state index in [1.807, 2.05) is 10.7 Å². The molecule has 6 nitrogen and oxygen atoms in total. The number of halogens is 3. The maximum absolute atomic E-state index is 12.6. The highest BCUT2D eigenvalue weighted by Gasteiger charge is 2.27. The standard InChI is InChI=1S/C21H20F3N5O/c22-21(23,24)6-8-30-20-17(16-3-1-14(10-25)2-4-16)9-19-18(28-20)12-27-29(19)13-15-5-7-26-11-15/h1-4,9,12,15,26H,5-8,11,13H2/t15-/m0/s1. The molecule has 2 aromatic heterocycles. The minimum atomic E-state index is -4.31. The van der Waals surface area contributed by atoms with Gasteiger partial charge in [-0.25, -0.2) is 4.98 Å². The lowest BCUT2D eigenvalue weighted by Gasteiger charge is -2.14. The number of ether oxygens (including phenoxy) is 1. The van der Waals surface area contributed by atoms with Crippen molar-refractivity contribution in [3.63, 3.8) is 0 Å². The molecule has 0 spiro atoms. The van der Waals surface area contributed by atoms with E-state index < -0.39 is 19.2 Å². The second-order valence-corrected chi connectivity index (χ2v) is 7.33. The van der Waals surface area contributed by atoms with Crippen LogP contribution in [0, 0.1) is 17.2 Å². The van der Waals surface area contributed by atoms with Crippen molar-refractivity contribution in [1.29, 1.82) is 5.26 Å². The maximum Gasteiger partial charge on any atom is 0.392 e. The van der Waals surface area contributed by atoms with Gasteiger partial charge in [-0.05, 0) is 49.2 Å². The largest absolute Gasteiger partial charge is 0.477 e. The number of rotatable bonds is 6. The van der Waals surface area contributed by atoms with E-state index in [0.717, 1.165) is 31.6 Å². The van der Waals surface area contributed by atoms with Crippen LogP contribution in [0.5, 0.6) is 5.88 Å². The summed E-state index contributed by atoms with van der Waals surface area (Å²) in [5.74, 6) is 0.590. The Labute approximate surface area is 171 Å². The topological polar surface area (TPSA) is 75.8 Å². The number of pyridine rings is 1. The van der Waals surface area contributed by atoms with Crippen molar-refractivity contribution in [2.75, 3.05) is 19.7 Å². The van der Waals surface area contributed by atoms with E-state index in [0.29, 0.717) is 28.1 Å². The number of nitriles is 1. The summed E-state index contributed by atoms with van der Waals surface area (Å²) in [5.41, 5.74) is 3.14. The van der Waals surface area contributed by atoms with Gasteiger partial charge in [0.2, 0.25) is 5.88 Å². The fourth-order valence-corrected chi connectivity index (χ4v) is 3.55. The van der Waals surface area contributed by atoms with Gasteiger partial charge in [-0.1, -0.05) is 12.1 Å². The SMILES string of the molecule is N#Cc1ccc(-c2cc3c(cnn3C[C@H]3CCNC3)nc2OCCC(F)(F)F)cc1. The summed E-state index contributed by atoms with van der Waals surface area (Å²) in [5, 5.41) is 16.8. The first-order chi connectivity index (χ1) is 14.4. The van der Waals surface area contributed by atoms with Crippen LogP contribution in [0.2, 0.25) is 0 Å². The maximum atomic E-state index is 12.6. The summed E-state index contributed by atoms with van der Waals surface area (Å²) in [6, 6.07) is 10.7. The first kappa shape index (κ1) is 20.2. The molecule has 156 valence electrons. The highest BCUT2D eigenvalue weighted by Crippen LogP contribution is 2.33. The molecule has 1 aliphatic heterocycles. The molecule has 0 bridgehead atoms. The van der Waals surface area contributed by atoms with Crippen LogP contribution >= 0.6 is 0 Å². The van der Waals surface area contributed by atoms with Crippen molar-refractivity contribution >= 4 is 11.0 Å². The highest BCUT2D eigenvalue weighted by atomic mass is 19.4. The van der Waals surface area contributed by atoms with Gasteiger partial charge in [0, 0.05) is 12.1 Å². The summed E-state index contributed by atoms with van der Waals surface area (Å²) < 4.78 is 45.0. The van der Waals surface area contributed by atoms with Crippen LogP contribution in [0.4, 0.5) is 13.2 Å². The molecule has 1 saturated heterocycles. The molecule has 1 fully saturated rings. The van der Waals surface area contributed by atoms with Crippen LogP contribution in [0.15, 0.2) is 36.5 Å². The van der Waals surface area contributed by atoms with Gasteiger partial charge in [-0.3, -0.25) is 4.68 Å². The zero-order valence-electron chi connectivity index (χ0n) is 16.1. The van der Waals surface area contributed by atoms with E-state index in [4.69, 9.17) is 10.00 Å². The van der Waals surface area contributed by atoms with Gasteiger partial charge in [0.1, 0.15) is 5.52 Å². The number of fused-ring (bicyclic) bond motifs is 1. The molecule has 0 radical (unpaired) electrons. The van der Waals surface area contributed by atoms with Gasteiger partial charge in [-0.2, -0.15) is 23.5 Å². The number of hydrogen-bond acceptors (Lipinski definition) is 5. The third kappa shape index (κ3) is 4.54. The molecule has 1 aromatic carbocycles. The minimum Gasteiger partial charge on any atom is -0.477 e. The Hall–Kier alpha value is -3.12. The fourth-order valence-electron chi connectivity index (χ4n) is 3.55. The van der Waals surface area contributed by atoms with Gasteiger partial charge >= 0.3 is 6.18 Å². The van der Waals surface area contributed by atoms with Crippen LogP contribution < -0.4 is 10.1 Å². The van der Waals surface area contributed by atoms with Gasteiger partial charge in [0.25, 0.3) is 0 Å². The van der Waals surface area contributed by atoms with Crippen molar-refractivity contribution in [2.24, 2.45) is 5.92 Å². The van der Waals surface area contributed by atoms with Crippen LogP contribution in [0.1, 0.15) is 18.4 Å². The lowest BCUT2D eigenvalue weighted by Crippen LogP contribution is -2.15. The third-order valence-electron chi connectivity index (χ3n) is 5.14. The Morgan fingerprint density at radius 2 is 2.07 bits per heavy atom. The molecule has 3 aromatic rings. The second-order valence-electron chi connectivity index (χ2n) is 7.33. The number of nitrogens with one attached hydrogen (secondary N) is 1. The first-order valence-corrected chi connectivity index (χ1v) is 9.70. The minimum absolute atomic E-state index is 0.124. The zero-order chi connectivity index (χ0) is 21.1. The van der Waals surface area contributed by atoms with Crippen molar-refractivity contribution in [3.05, 3.63) is 42.1 Å². The quantitative estimate of drug-likeness (QED) is 0.661. The Morgan fingerprint density at radius 3 is 2.73 bits per heavy atom. The normalized spacial score (nSPS) is 16.7. The van der Waals surface area contributed by atoms with Crippen LogP contribution in [-0.4, -0.2) is 40.6 Å². The molecule has 0 unspecified atom stereocenters. The van der Waals surface area contributed by atoms with Gasteiger partial charge < -0.3 is 10.1 Å². The molecular formula is C21H20F3N5O. The third-order valence-corrected chi connectivity index (χ3v) is 5.14. The lowest BCUT2D eigenvalue weighted by atomic mass is 10.0. The summed E-state index contributed by atoms with van der Waals surface area (Å²) in [7, 11) is 0. The summed E-state index contributed by atoms with van der Waals surface area (Å²) >= 11 is 0. The van der Waals surface area contributed by atoms with E-state index in [9.17, 15) is 13.2 Å². The van der Waals surface area contributed by atoms with Crippen molar-refractivity contribution < 1.29 is 17.9 Å². The summed E-state index contributed by atoms with van der Waals surface area (Å²) in [6.07, 6.45) is -2.70. The number of alkyl halides is 3.